The molecule has 2 heterocycles. The maximum atomic E-state index is 6.18. The SMILES string of the molecule is COc1cc(OC)nc(Oc2cccc(Oc3nc(OC)cc(OC)n3)c2N)n1. The monoisotopic (exact) mass is 401 g/mol. The summed E-state index contributed by atoms with van der Waals surface area (Å²) in [6.45, 7) is 0. The van der Waals surface area contributed by atoms with Gasteiger partial charge in [0.15, 0.2) is 11.5 Å². The van der Waals surface area contributed by atoms with Crippen molar-refractivity contribution in [3.8, 4) is 47.0 Å². The summed E-state index contributed by atoms with van der Waals surface area (Å²) in [6.07, 6.45) is 0. The number of rotatable bonds is 8. The van der Waals surface area contributed by atoms with Crippen molar-refractivity contribution in [1.82, 2.24) is 19.9 Å². The summed E-state index contributed by atoms with van der Waals surface area (Å²) in [5.41, 5.74) is 6.36. The molecule has 3 aromatic rings. The molecule has 3 rings (SSSR count). The van der Waals surface area contributed by atoms with Crippen LogP contribution in [0.15, 0.2) is 30.3 Å². The van der Waals surface area contributed by atoms with Gasteiger partial charge in [-0.2, -0.15) is 19.9 Å². The molecule has 0 bridgehead atoms. The zero-order valence-electron chi connectivity index (χ0n) is 16.2. The Morgan fingerprint density at radius 2 is 0.966 bits per heavy atom. The highest BCUT2D eigenvalue weighted by Gasteiger charge is 2.15. The average Bonchev–Trinajstić information content (AvgIpc) is 2.75. The van der Waals surface area contributed by atoms with Crippen LogP contribution in [0.3, 0.4) is 0 Å². The molecule has 29 heavy (non-hydrogen) atoms. The predicted molar refractivity (Wildman–Crippen MR) is 101 cm³/mol. The Kier molecular flexibility index (Phi) is 5.97. The average molecular weight is 401 g/mol. The third-order valence-electron chi connectivity index (χ3n) is 3.58. The molecule has 0 amide bonds. The minimum absolute atomic E-state index is 0.00986. The Morgan fingerprint density at radius 3 is 1.28 bits per heavy atom. The maximum Gasteiger partial charge on any atom is 0.328 e. The zero-order valence-corrected chi connectivity index (χ0v) is 16.2. The number of ether oxygens (including phenoxy) is 6. The van der Waals surface area contributed by atoms with Crippen LogP contribution in [0.4, 0.5) is 5.69 Å². The van der Waals surface area contributed by atoms with E-state index < -0.39 is 0 Å². The molecule has 0 saturated carbocycles. The van der Waals surface area contributed by atoms with Gasteiger partial charge >= 0.3 is 12.0 Å². The van der Waals surface area contributed by atoms with Crippen LogP contribution >= 0.6 is 0 Å². The second kappa shape index (κ2) is 8.78. The standard InChI is InChI=1S/C18H19N5O6/c1-24-12-8-13(25-2)21-17(20-12)28-10-6-5-7-11(16(10)19)29-18-22-14(26-3)9-15(23-18)27-4/h5-9H,19H2,1-4H3. The van der Waals surface area contributed by atoms with E-state index >= 15 is 0 Å². The van der Waals surface area contributed by atoms with Crippen molar-refractivity contribution in [3.05, 3.63) is 30.3 Å². The smallest absolute Gasteiger partial charge is 0.328 e. The highest BCUT2D eigenvalue weighted by molar-refractivity contribution is 5.63. The summed E-state index contributed by atoms with van der Waals surface area (Å²) in [4.78, 5) is 16.4. The molecule has 11 heteroatoms. The molecule has 2 aromatic heterocycles. The van der Waals surface area contributed by atoms with E-state index in [0.717, 1.165) is 0 Å². The van der Waals surface area contributed by atoms with Gasteiger partial charge < -0.3 is 34.2 Å². The number of aromatic nitrogens is 4. The number of nitrogen functional groups attached to an aromatic ring is 1. The van der Waals surface area contributed by atoms with Crippen molar-refractivity contribution < 1.29 is 28.4 Å². The topological polar surface area (TPSA) is 133 Å². The normalized spacial score (nSPS) is 10.2. The lowest BCUT2D eigenvalue weighted by atomic mass is 10.3. The van der Waals surface area contributed by atoms with Gasteiger partial charge in [-0.1, -0.05) is 6.07 Å². The Bertz CT molecular complexity index is 880. The van der Waals surface area contributed by atoms with Crippen LogP contribution in [-0.2, 0) is 0 Å². The molecular weight excluding hydrogens is 382 g/mol. The fourth-order valence-electron chi connectivity index (χ4n) is 2.18. The molecule has 0 radical (unpaired) electrons. The lowest BCUT2D eigenvalue weighted by molar-refractivity contribution is 0.345. The van der Waals surface area contributed by atoms with Gasteiger partial charge in [0, 0.05) is 0 Å². The summed E-state index contributed by atoms with van der Waals surface area (Å²) in [7, 11) is 5.88. The Morgan fingerprint density at radius 1 is 0.621 bits per heavy atom. The largest absolute Gasteiger partial charge is 0.481 e. The molecule has 0 aliphatic rings. The number of methoxy groups -OCH3 is 4. The molecule has 0 spiro atoms. The van der Waals surface area contributed by atoms with Crippen LogP contribution in [0.1, 0.15) is 0 Å². The molecular formula is C18H19N5O6. The molecule has 11 nitrogen and oxygen atoms in total. The van der Waals surface area contributed by atoms with Gasteiger partial charge in [-0.15, -0.1) is 0 Å². The Hall–Kier alpha value is -4.02. The Balaban J connectivity index is 1.89. The number of benzene rings is 1. The Labute approximate surface area is 166 Å². The molecule has 0 fully saturated rings. The van der Waals surface area contributed by atoms with Crippen LogP contribution in [0.5, 0.6) is 47.0 Å². The van der Waals surface area contributed by atoms with Crippen molar-refractivity contribution in [1.29, 1.82) is 0 Å². The molecule has 0 unspecified atom stereocenters. The molecule has 0 aliphatic carbocycles. The van der Waals surface area contributed by atoms with E-state index in [9.17, 15) is 0 Å². The first-order chi connectivity index (χ1) is 14.1. The summed E-state index contributed by atoms with van der Waals surface area (Å²) in [5, 5.41) is 0. The van der Waals surface area contributed by atoms with E-state index in [1.807, 2.05) is 0 Å². The van der Waals surface area contributed by atoms with Crippen molar-refractivity contribution in [3.63, 3.8) is 0 Å². The number of hydrogen-bond donors (Lipinski definition) is 1. The summed E-state index contributed by atoms with van der Waals surface area (Å²) < 4.78 is 31.8. The van der Waals surface area contributed by atoms with Crippen LogP contribution in [-0.4, -0.2) is 48.4 Å². The fourth-order valence-corrected chi connectivity index (χ4v) is 2.18. The molecule has 1 aromatic carbocycles. The van der Waals surface area contributed by atoms with Crippen LogP contribution in [0, 0.1) is 0 Å². The number of anilines is 1. The van der Waals surface area contributed by atoms with Crippen LogP contribution in [0.25, 0.3) is 0 Å². The lowest BCUT2D eigenvalue weighted by Crippen LogP contribution is -2.02. The fraction of sp³-hybridized carbons (Fsp3) is 0.222. The van der Waals surface area contributed by atoms with E-state index in [2.05, 4.69) is 19.9 Å². The van der Waals surface area contributed by atoms with E-state index in [1.54, 1.807) is 18.2 Å². The number of nitrogens with two attached hydrogens (primary N) is 1. The highest BCUT2D eigenvalue weighted by atomic mass is 16.5. The minimum atomic E-state index is -0.00986. The second-order valence-corrected chi connectivity index (χ2v) is 5.34. The second-order valence-electron chi connectivity index (χ2n) is 5.34. The lowest BCUT2D eigenvalue weighted by Gasteiger charge is -2.12. The summed E-state index contributed by atoms with van der Waals surface area (Å²) in [5.74, 6) is 1.61. The minimum Gasteiger partial charge on any atom is -0.481 e. The van der Waals surface area contributed by atoms with Gasteiger partial charge in [-0.05, 0) is 12.1 Å². The van der Waals surface area contributed by atoms with E-state index in [0.29, 0.717) is 0 Å². The van der Waals surface area contributed by atoms with Crippen LogP contribution < -0.4 is 34.2 Å². The number of hydrogen-bond acceptors (Lipinski definition) is 11. The zero-order chi connectivity index (χ0) is 20.8. The van der Waals surface area contributed by atoms with Gasteiger partial charge in [0.25, 0.3) is 0 Å². The summed E-state index contributed by atoms with van der Waals surface area (Å²) in [6, 6.07) is 7.95. The van der Waals surface area contributed by atoms with Gasteiger partial charge in [0.1, 0.15) is 5.69 Å². The van der Waals surface area contributed by atoms with Gasteiger partial charge in [-0.3, -0.25) is 0 Å². The molecule has 0 aliphatic heterocycles. The predicted octanol–water partition coefficient (Wildman–Crippen LogP) is 2.47. The number of nitrogens with zero attached hydrogens (tertiary/aromatic N) is 4. The van der Waals surface area contributed by atoms with Gasteiger partial charge in [-0.25, -0.2) is 0 Å². The van der Waals surface area contributed by atoms with Gasteiger partial charge in [0.05, 0.1) is 40.6 Å². The van der Waals surface area contributed by atoms with E-state index in [-0.39, 0.29) is 52.7 Å². The maximum absolute atomic E-state index is 6.18. The number of para-hydroxylation sites is 1. The van der Waals surface area contributed by atoms with Crippen LogP contribution in [0.2, 0.25) is 0 Å². The summed E-state index contributed by atoms with van der Waals surface area (Å²) >= 11 is 0. The van der Waals surface area contributed by atoms with E-state index in [4.69, 9.17) is 34.2 Å². The van der Waals surface area contributed by atoms with Crippen molar-refractivity contribution in [2.45, 2.75) is 0 Å². The van der Waals surface area contributed by atoms with Crippen molar-refractivity contribution in [2.24, 2.45) is 0 Å². The van der Waals surface area contributed by atoms with Crippen molar-refractivity contribution >= 4 is 5.69 Å². The molecule has 2 N–H and O–H groups in total. The quantitative estimate of drug-likeness (QED) is 0.558. The molecule has 152 valence electrons. The first kappa shape index (κ1) is 19.7. The van der Waals surface area contributed by atoms with Gasteiger partial charge in [0.2, 0.25) is 23.5 Å². The third kappa shape index (κ3) is 4.64. The van der Waals surface area contributed by atoms with E-state index in [1.165, 1.54) is 40.6 Å². The first-order valence-corrected chi connectivity index (χ1v) is 8.24. The molecule has 0 saturated heterocycles. The third-order valence-corrected chi connectivity index (χ3v) is 3.58. The molecule has 0 atom stereocenters. The van der Waals surface area contributed by atoms with Crippen molar-refractivity contribution in [2.75, 3.05) is 34.2 Å². The first-order valence-electron chi connectivity index (χ1n) is 8.24. The highest BCUT2D eigenvalue weighted by Crippen LogP contribution is 2.36.